The van der Waals surface area contributed by atoms with E-state index >= 15 is 0 Å². The lowest BCUT2D eigenvalue weighted by molar-refractivity contribution is -0.116. The molecule has 0 atom stereocenters. The van der Waals surface area contributed by atoms with E-state index in [2.05, 4.69) is 5.32 Å². The number of benzene rings is 3. The molecule has 0 aliphatic rings. The van der Waals surface area contributed by atoms with Crippen molar-refractivity contribution in [1.29, 1.82) is 0 Å². The number of anilines is 1. The molecule has 3 aromatic rings. The number of aryl methyl sites for hydroxylation is 4. The summed E-state index contributed by atoms with van der Waals surface area (Å²) in [5, 5.41) is 2.66. The van der Waals surface area contributed by atoms with E-state index in [-0.39, 0.29) is 18.0 Å². The standard InChI is InChI=1S/C26H29FN2O3S/c1-18-14-20(3)26(21(4)15-18)33(31,32)29(13-12-22-8-6-5-7-9-22)17-25(30)28-24-16-23(27)11-10-19(24)2/h5-11,14-16H,12-13,17H2,1-4H3,(H,28,30). The molecule has 0 radical (unpaired) electrons. The number of rotatable bonds is 8. The van der Waals surface area contributed by atoms with Crippen LogP contribution in [0, 0.1) is 33.5 Å². The highest BCUT2D eigenvalue weighted by Crippen LogP contribution is 2.26. The predicted molar refractivity (Wildman–Crippen MR) is 129 cm³/mol. The molecule has 3 rings (SSSR count). The molecule has 1 N–H and O–H groups in total. The maximum absolute atomic E-state index is 13.7. The Morgan fingerprint density at radius 3 is 2.18 bits per heavy atom. The van der Waals surface area contributed by atoms with Crippen molar-refractivity contribution >= 4 is 21.6 Å². The Morgan fingerprint density at radius 1 is 0.909 bits per heavy atom. The Bertz CT molecular complexity index is 1230. The molecule has 0 aliphatic heterocycles. The minimum Gasteiger partial charge on any atom is -0.325 e. The van der Waals surface area contributed by atoms with Crippen molar-refractivity contribution in [2.24, 2.45) is 0 Å². The first kappa shape index (κ1) is 24.6. The maximum Gasteiger partial charge on any atom is 0.244 e. The predicted octanol–water partition coefficient (Wildman–Crippen LogP) is 4.93. The van der Waals surface area contributed by atoms with E-state index in [0.717, 1.165) is 11.1 Å². The fourth-order valence-electron chi connectivity index (χ4n) is 3.96. The molecule has 33 heavy (non-hydrogen) atoms. The highest BCUT2D eigenvalue weighted by molar-refractivity contribution is 7.89. The van der Waals surface area contributed by atoms with Crippen LogP contribution in [-0.4, -0.2) is 31.7 Å². The lowest BCUT2D eigenvalue weighted by atomic mass is 10.1. The minimum atomic E-state index is -3.96. The Morgan fingerprint density at radius 2 is 1.55 bits per heavy atom. The topological polar surface area (TPSA) is 66.5 Å². The van der Waals surface area contributed by atoms with Crippen LogP contribution in [0.25, 0.3) is 0 Å². The number of sulfonamides is 1. The summed E-state index contributed by atoms with van der Waals surface area (Å²) in [5.41, 5.74) is 4.23. The second kappa shape index (κ2) is 10.3. The summed E-state index contributed by atoms with van der Waals surface area (Å²) in [6, 6.07) is 17.3. The third-order valence-corrected chi connectivity index (χ3v) is 7.64. The van der Waals surface area contributed by atoms with Crippen LogP contribution in [0.15, 0.2) is 65.6 Å². The fourth-order valence-corrected chi connectivity index (χ4v) is 5.77. The van der Waals surface area contributed by atoms with E-state index in [1.807, 2.05) is 49.4 Å². The average Bonchev–Trinajstić information content (AvgIpc) is 2.73. The number of nitrogens with zero attached hydrogens (tertiary/aromatic N) is 1. The zero-order chi connectivity index (χ0) is 24.2. The number of nitrogens with one attached hydrogen (secondary N) is 1. The lowest BCUT2D eigenvalue weighted by Crippen LogP contribution is -2.40. The van der Waals surface area contributed by atoms with E-state index in [9.17, 15) is 17.6 Å². The van der Waals surface area contributed by atoms with Gasteiger partial charge in [0.05, 0.1) is 11.4 Å². The van der Waals surface area contributed by atoms with Gasteiger partial charge in [0.15, 0.2) is 0 Å². The summed E-state index contributed by atoms with van der Waals surface area (Å²) in [4.78, 5) is 13.1. The van der Waals surface area contributed by atoms with E-state index < -0.39 is 21.7 Å². The second-order valence-corrected chi connectivity index (χ2v) is 10.2. The first-order valence-corrected chi connectivity index (χ1v) is 12.2. The Hall–Kier alpha value is -3.03. The quantitative estimate of drug-likeness (QED) is 0.510. The molecule has 5 nitrogen and oxygen atoms in total. The van der Waals surface area contributed by atoms with Crippen LogP contribution in [0.3, 0.4) is 0 Å². The van der Waals surface area contributed by atoms with Gasteiger partial charge in [-0.05, 0) is 68.5 Å². The van der Waals surface area contributed by atoms with E-state index in [0.29, 0.717) is 28.8 Å². The smallest absolute Gasteiger partial charge is 0.244 e. The molecule has 3 aromatic carbocycles. The van der Waals surface area contributed by atoms with Crippen molar-refractivity contribution in [2.75, 3.05) is 18.4 Å². The molecule has 0 aromatic heterocycles. The zero-order valence-electron chi connectivity index (χ0n) is 19.4. The third-order valence-electron chi connectivity index (χ3n) is 5.49. The Balaban J connectivity index is 1.92. The normalized spacial score (nSPS) is 11.6. The molecule has 0 unspecified atom stereocenters. The van der Waals surface area contributed by atoms with Crippen molar-refractivity contribution in [3.63, 3.8) is 0 Å². The first-order chi connectivity index (χ1) is 15.6. The van der Waals surface area contributed by atoms with Gasteiger partial charge >= 0.3 is 0 Å². The highest BCUT2D eigenvalue weighted by atomic mass is 32.2. The van der Waals surface area contributed by atoms with Crippen LogP contribution in [0.1, 0.15) is 27.8 Å². The van der Waals surface area contributed by atoms with E-state index in [1.165, 1.54) is 16.4 Å². The van der Waals surface area contributed by atoms with Crippen LogP contribution in [0.2, 0.25) is 0 Å². The van der Waals surface area contributed by atoms with Crippen molar-refractivity contribution < 1.29 is 17.6 Å². The van der Waals surface area contributed by atoms with Gasteiger partial charge in [0, 0.05) is 12.2 Å². The van der Waals surface area contributed by atoms with Gasteiger partial charge in [0.2, 0.25) is 15.9 Å². The number of halogens is 1. The molecule has 0 heterocycles. The Kier molecular flexibility index (Phi) is 7.66. The average molecular weight is 469 g/mol. The van der Waals surface area contributed by atoms with Gasteiger partial charge in [0.25, 0.3) is 0 Å². The van der Waals surface area contributed by atoms with Crippen LogP contribution in [0.5, 0.6) is 0 Å². The number of hydrogen-bond acceptors (Lipinski definition) is 3. The lowest BCUT2D eigenvalue weighted by Gasteiger charge is -2.24. The van der Waals surface area contributed by atoms with Gasteiger partial charge in [-0.1, -0.05) is 54.1 Å². The molecular weight excluding hydrogens is 439 g/mol. The molecule has 1 amide bonds. The van der Waals surface area contributed by atoms with Crippen molar-refractivity contribution in [3.05, 3.63) is 94.3 Å². The Labute approximate surface area is 195 Å². The summed E-state index contributed by atoms with van der Waals surface area (Å²) in [6.07, 6.45) is 0.455. The molecule has 0 aliphatic carbocycles. The van der Waals surface area contributed by atoms with E-state index in [1.54, 1.807) is 26.8 Å². The monoisotopic (exact) mass is 468 g/mol. The van der Waals surface area contributed by atoms with Crippen LogP contribution in [-0.2, 0) is 21.2 Å². The summed E-state index contributed by atoms with van der Waals surface area (Å²) >= 11 is 0. The zero-order valence-corrected chi connectivity index (χ0v) is 20.2. The molecule has 0 fully saturated rings. The van der Waals surface area contributed by atoms with Crippen molar-refractivity contribution in [2.45, 2.75) is 39.0 Å². The van der Waals surface area contributed by atoms with Crippen LogP contribution in [0.4, 0.5) is 10.1 Å². The van der Waals surface area contributed by atoms with Crippen molar-refractivity contribution in [3.8, 4) is 0 Å². The van der Waals surface area contributed by atoms with Gasteiger partial charge in [-0.15, -0.1) is 0 Å². The van der Waals surface area contributed by atoms with Crippen LogP contribution < -0.4 is 5.32 Å². The number of carbonyl (C=O) groups excluding carboxylic acids is 1. The van der Waals surface area contributed by atoms with Crippen molar-refractivity contribution in [1.82, 2.24) is 4.31 Å². The third kappa shape index (κ3) is 6.06. The van der Waals surface area contributed by atoms with Gasteiger partial charge < -0.3 is 5.32 Å². The fraction of sp³-hybridized carbons (Fsp3) is 0.269. The SMILES string of the molecule is Cc1cc(C)c(S(=O)(=O)N(CCc2ccccc2)CC(=O)Nc2cc(F)ccc2C)c(C)c1. The maximum atomic E-state index is 13.7. The summed E-state index contributed by atoms with van der Waals surface area (Å²) in [6.45, 7) is 6.94. The first-order valence-electron chi connectivity index (χ1n) is 10.8. The molecule has 0 saturated heterocycles. The summed E-state index contributed by atoms with van der Waals surface area (Å²) in [7, 11) is -3.96. The van der Waals surface area contributed by atoms with Gasteiger partial charge in [-0.25, -0.2) is 12.8 Å². The molecule has 7 heteroatoms. The molecule has 0 bridgehead atoms. The van der Waals surface area contributed by atoms with Gasteiger partial charge in [0.1, 0.15) is 5.82 Å². The number of hydrogen-bond donors (Lipinski definition) is 1. The van der Waals surface area contributed by atoms with E-state index in [4.69, 9.17) is 0 Å². The minimum absolute atomic E-state index is 0.134. The van der Waals surface area contributed by atoms with Gasteiger partial charge in [-0.2, -0.15) is 4.31 Å². The molecule has 174 valence electrons. The number of carbonyl (C=O) groups is 1. The summed E-state index contributed by atoms with van der Waals surface area (Å²) in [5.74, 6) is -1.00. The number of amides is 1. The second-order valence-electron chi connectivity index (χ2n) is 8.31. The highest BCUT2D eigenvalue weighted by Gasteiger charge is 2.29. The summed E-state index contributed by atoms with van der Waals surface area (Å²) < 4.78 is 42.2. The van der Waals surface area contributed by atoms with Gasteiger partial charge in [-0.3, -0.25) is 4.79 Å². The molecular formula is C26H29FN2O3S. The molecule has 0 saturated carbocycles. The molecule has 0 spiro atoms. The van der Waals surface area contributed by atoms with Crippen LogP contribution >= 0.6 is 0 Å². The largest absolute Gasteiger partial charge is 0.325 e.